The van der Waals surface area contributed by atoms with Crippen molar-refractivity contribution in [2.45, 2.75) is 32.2 Å². The highest BCUT2D eigenvalue weighted by Crippen LogP contribution is 2.25. The van der Waals surface area contributed by atoms with Gasteiger partial charge in [-0.3, -0.25) is 9.88 Å². The molecule has 3 heteroatoms. The van der Waals surface area contributed by atoms with Gasteiger partial charge >= 0.3 is 0 Å². The summed E-state index contributed by atoms with van der Waals surface area (Å²) < 4.78 is 0. The van der Waals surface area contributed by atoms with E-state index in [-0.39, 0.29) is 0 Å². The van der Waals surface area contributed by atoms with Gasteiger partial charge in [0.2, 0.25) is 0 Å². The molecule has 0 aromatic carbocycles. The fourth-order valence-corrected chi connectivity index (χ4v) is 2.52. The molecule has 1 saturated heterocycles. The Morgan fingerprint density at radius 2 is 2.24 bits per heavy atom. The standard InChI is InChI=1S/C14H23N3/c1-2-3-6-14(13-5-4-7-16-12-13)17-10-8-15-9-11-17/h4-5,7,12,14-15H,2-3,6,8-11H2,1H3/t14-/m0/s1. The van der Waals surface area contributed by atoms with Gasteiger partial charge in [0.1, 0.15) is 0 Å². The van der Waals surface area contributed by atoms with Gasteiger partial charge in [-0.2, -0.15) is 0 Å². The van der Waals surface area contributed by atoms with Crippen LogP contribution in [0.25, 0.3) is 0 Å². The van der Waals surface area contributed by atoms with E-state index in [0.717, 1.165) is 26.2 Å². The van der Waals surface area contributed by atoms with E-state index in [9.17, 15) is 0 Å². The van der Waals surface area contributed by atoms with Gasteiger partial charge in [0.25, 0.3) is 0 Å². The van der Waals surface area contributed by atoms with Crippen LogP contribution < -0.4 is 5.32 Å². The molecule has 1 aliphatic heterocycles. The summed E-state index contributed by atoms with van der Waals surface area (Å²) in [4.78, 5) is 6.87. The summed E-state index contributed by atoms with van der Waals surface area (Å²) in [5.74, 6) is 0. The lowest BCUT2D eigenvalue weighted by Gasteiger charge is -2.35. The van der Waals surface area contributed by atoms with Crippen molar-refractivity contribution >= 4 is 0 Å². The molecule has 1 fully saturated rings. The van der Waals surface area contributed by atoms with E-state index in [1.165, 1.54) is 24.8 Å². The van der Waals surface area contributed by atoms with Crippen molar-refractivity contribution in [1.29, 1.82) is 0 Å². The highest BCUT2D eigenvalue weighted by Gasteiger charge is 2.21. The van der Waals surface area contributed by atoms with E-state index in [4.69, 9.17) is 0 Å². The van der Waals surface area contributed by atoms with Crippen LogP contribution >= 0.6 is 0 Å². The Bertz CT molecular complexity index is 307. The van der Waals surface area contributed by atoms with E-state index >= 15 is 0 Å². The third-order valence-corrected chi connectivity index (χ3v) is 3.49. The topological polar surface area (TPSA) is 28.2 Å². The highest BCUT2D eigenvalue weighted by atomic mass is 15.2. The fourth-order valence-electron chi connectivity index (χ4n) is 2.52. The first-order valence-electron chi connectivity index (χ1n) is 6.76. The van der Waals surface area contributed by atoms with Gasteiger partial charge in [-0.05, 0) is 18.1 Å². The average molecular weight is 233 g/mol. The van der Waals surface area contributed by atoms with E-state index in [0.29, 0.717) is 6.04 Å². The van der Waals surface area contributed by atoms with E-state index in [2.05, 4.69) is 34.3 Å². The molecule has 1 aromatic rings. The van der Waals surface area contributed by atoms with Crippen LogP contribution in [0, 0.1) is 0 Å². The van der Waals surface area contributed by atoms with Crippen LogP contribution in [0.4, 0.5) is 0 Å². The molecule has 3 nitrogen and oxygen atoms in total. The highest BCUT2D eigenvalue weighted by molar-refractivity contribution is 5.14. The number of nitrogens with one attached hydrogen (secondary N) is 1. The average Bonchev–Trinajstić information content (AvgIpc) is 2.42. The first-order chi connectivity index (χ1) is 8.42. The molecule has 0 unspecified atom stereocenters. The van der Waals surface area contributed by atoms with Crippen molar-refractivity contribution in [1.82, 2.24) is 15.2 Å². The molecule has 17 heavy (non-hydrogen) atoms. The quantitative estimate of drug-likeness (QED) is 0.845. The summed E-state index contributed by atoms with van der Waals surface area (Å²) in [6.45, 7) is 6.80. The van der Waals surface area contributed by atoms with Gasteiger partial charge < -0.3 is 5.32 Å². The zero-order chi connectivity index (χ0) is 11.9. The molecule has 0 amide bonds. The monoisotopic (exact) mass is 233 g/mol. The van der Waals surface area contributed by atoms with Crippen molar-refractivity contribution in [3.8, 4) is 0 Å². The van der Waals surface area contributed by atoms with Crippen molar-refractivity contribution in [3.63, 3.8) is 0 Å². The molecule has 1 N–H and O–H groups in total. The third kappa shape index (κ3) is 3.51. The predicted octanol–water partition coefficient (Wildman–Crippen LogP) is 2.22. The second kappa shape index (κ2) is 6.72. The largest absolute Gasteiger partial charge is 0.314 e. The summed E-state index contributed by atoms with van der Waals surface area (Å²) in [5.41, 5.74) is 1.38. The Kier molecular flexibility index (Phi) is 4.95. The molecule has 0 spiro atoms. The van der Waals surface area contributed by atoms with Crippen LogP contribution in [-0.2, 0) is 0 Å². The van der Waals surface area contributed by atoms with Crippen molar-refractivity contribution in [2.75, 3.05) is 26.2 Å². The summed E-state index contributed by atoms with van der Waals surface area (Å²) in [5, 5.41) is 3.42. The second-order valence-electron chi connectivity index (χ2n) is 4.73. The fraction of sp³-hybridized carbons (Fsp3) is 0.643. The van der Waals surface area contributed by atoms with Gasteiger partial charge in [-0.25, -0.2) is 0 Å². The lowest BCUT2D eigenvalue weighted by Crippen LogP contribution is -2.45. The van der Waals surface area contributed by atoms with Crippen molar-refractivity contribution in [3.05, 3.63) is 30.1 Å². The molecule has 1 aromatic heterocycles. The normalized spacial score (nSPS) is 19.1. The minimum Gasteiger partial charge on any atom is -0.314 e. The lowest BCUT2D eigenvalue weighted by molar-refractivity contribution is 0.163. The maximum Gasteiger partial charge on any atom is 0.0364 e. The number of unbranched alkanes of at least 4 members (excludes halogenated alkanes) is 1. The zero-order valence-electron chi connectivity index (χ0n) is 10.7. The predicted molar refractivity (Wildman–Crippen MR) is 70.9 cm³/mol. The Balaban J connectivity index is 2.06. The molecule has 0 radical (unpaired) electrons. The molecule has 1 aliphatic rings. The van der Waals surface area contributed by atoms with E-state index < -0.39 is 0 Å². The van der Waals surface area contributed by atoms with Gasteiger partial charge in [-0.1, -0.05) is 25.8 Å². The molecule has 0 saturated carbocycles. The molecule has 0 aliphatic carbocycles. The van der Waals surface area contributed by atoms with Gasteiger partial charge in [0.15, 0.2) is 0 Å². The van der Waals surface area contributed by atoms with Crippen LogP contribution in [-0.4, -0.2) is 36.1 Å². The minimum absolute atomic E-state index is 0.561. The van der Waals surface area contributed by atoms with Crippen LogP contribution in [0.5, 0.6) is 0 Å². The zero-order valence-corrected chi connectivity index (χ0v) is 10.7. The van der Waals surface area contributed by atoms with Crippen LogP contribution in [0.1, 0.15) is 37.8 Å². The number of hydrogen-bond donors (Lipinski definition) is 1. The summed E-state index contributed by atoms with van der Waals surface area (Å²) in [6, 6.07) is 4.83. The summed E-state index contributed by atoms with van der Waals surface area (Å²) >= 11 is 0. The minimum atomic E-state index is 0.561. The Hall–Kier alpha value is -0.930. The van der Waals surface area contributed by atoms with Gasteiger partial charge in [0, 0.05) is 44.6 Å². The molecule has 94 valence electrons. The number of hydrogen-bond acceptors (Lipinski definition) is 3. The van der Waals surface area contributed by atoms with Crippen LogP contribution in [0.15, 0.2) is 24.5 Å². The molecule has 1 atom stereocenters. The van der Waals surface area contributed by atoms with E-state index in [1.54, 1.807) is 0 Å². The first-order valence-corrected chi connectivity index (χ1v) is 6.76. The molecule has 2 heterocycles. The number of piperazine rings is 1. The Labute approximate surface area is 104 Å². The van der Waals surface area contributed by atoms with Crippen molar-refractivity contribution in [2.24, 2.45) is 0 Å². The molecule has 0 bridgehead atoms. The van der Waals surface area contributed by atoms with Crippen molar-refractivity contribution < 1.29 is 0 Å². The number of aromatic nitrogens is 1. The number of rotatable bonds is 5. The maximum atomic E-state index is 4.27. The Morgan fingerprint density at radius 1 is 1.41 bits per heavy atom. The molecule has 2 rings (SSSR count). The first kappa shape index (κ1) is 12.5. The number of nitrogens with zero attached hydrogens (tertiary/aromatic N) is 2. The van der Waals surface area contributed by atoms with Crippen LogP contribution in [0.3, 0.4) is 0 Å². The maximum absolute atomic E-state index is 4.27. The second-order valence-corrected chi connectivity index (χ2v) is 4.73. The SMILES string of the molecule is CCCC[C@@H](c1cccnc1)N1CCNCC1. The van der Waals surface area contributed by atoms with Gasteiger partial charge in [0.05, 0.1) is 0 Å². The molecular weight excluding hydrogens is 210 g/mol. The van der Waals surface area contributed by atoms with Crippen LogP contribution in [0.2, 0.25) is 0 Å². The molecular formula is C14H23N3. The lowest BCUT2D eigenvalue weighted by atomic mass is 10.0. The number of pyridine rings is 1. The smallest absolute Gasteiger partial charge is 0.0364 e. The van der Waals surface area contributed by atoms with E-state index in [1.807, 2.05) is 12.4 Å². The van der Waals surface area contributed by atoms with Gasteiger partial charge in [-0.15, -0.1) is 0 Å². The summed E-state index contributed by atoms with van der Waals surface area (Å²) in [6.07, 6.45) is 7.70. The Morgan fingerprint density at radius 3 is 2.88 bits per heavy atom. The third-order valence-electron chi connectivity index (χ3n) is 3.49. The summed E-state index contributed by atoms with van der Waals surface area (Å²) in [7, 11) is 0.